The maximum atomic E-state index is 12.4. The van der Waals surface area contributed by atoms with Crippen molar-refractivity contribution in [3.05, 3.63) is 23.8 Å². The van der Waals surface area contributed by atoms with E-state index in [0.717, 1.165) is 24.5 Å². The second-order valence-electron chi connectivity index (χ2n) is 4.33. The Morgan fingerprint density at radius 1 is 1.29 bits per heavy atom. The van der Waals surface area contributed by atoms with Crippen LogP contribution < -0.4 is 10.5 Å². The molecule has 1 aliphatic rings. The van der Waals surface area contributed by atoms with Gasteiger partial charge in [-0.05, 0) is 30.5 Å². The number of nitrogen functional groups attached to an aromatic ring is 1. The SMILES string of the molecule is Nc1cc(C(F)(F)F)ccc1OCCC1CC1. The van der Waals surface area contributed by atoms with Crippen LogP contribution in [0, 0.1) is 5.92 Å². The first kappa shape index (κ1) is 12.1. The second kappa shape index (κ2) is 4.47. The molecule has 0 spiro atoms. The van der Waals surface area contributed by atoms with E-state index >= 15 is 0 Å². The van der Waals surface area contributed by atoms with Gasteiger partial charge in [0.15, 0.2) is 0 Å². The van der Waals surface area contributed by atoms with E-state index in [1.54, 1.807) is 0 Å². The molecule has 0 saturated heterocycles. The zero-order valence-corrected chi connectivity index (χ0v) is 9.26. The van der Waals surface area contributed by atoms with E-state index in [1.165, 1.54) is 18.9 Å². The van der Waals surface area contributed by atoms with Gasteiger partial charge >= 0.3 is 6.18 Å². The van der Waals surface area contributed by atoms with Crippen LogP contribution in [0.5, 0.6) is 5.75 Å². The van der Waals surface area contributed by atoms with Crippen molar-refractivity contribution in [2.24, 2.45) is 5.92 Å². The van der Waals surface area contributed by atoms with Crippen LogP contribution in [-0.4, -0.2) is 6.61 Å². The highest BCUT2D eigenvalue weighted by molar-refractivity contribution is 5.54. The maximum absolute atomic E-state index is 12.4. The van der Waals surface area contributed by atoms with Crippen LogP contribution in [0.25, 0.3) is 0 Å². The largest absolute Gasteiger partial charge is 0.491 e. The Morgan fingerprint density at radius 2 is 2.00 bits per heavy atom. The van der Waals surface area contributed by atoms with Gasteiger partial charge in [-0.1, -0.05) is 12.8 Å². The summed E-state index contributed by atoms with van der Waals surface area (Å²) >= 11 is 0. The Labute approximate surface area is 97.6 Å². The summed E-state index contributed by atoms with van der Waals surface area (Å²) in [5.41, 5.74) is 4.82. The highest BCUT2D eigenvalue weighted by Gasteiger charge is 2.31. The summed E-state index contributed by atoms with van der Waals surface area (Å²) in [7, 11) is 0. The van der Waals surface area contributed by atoms with E-state index in [1.807, 2.05) is 0 Å². The predicted molar refractivity (Wildman–Crippen MR) is 58.7 cm³/mol. The summed E-state index contributed by atoms with van der Waals surface area (Å²) in [6.07, 6.45) is -0.959. The Bertz CT molecular complexity index is 399. The summed E-state index contributed by atoms with van der Waals surface area (Å²) in [5, 5.41) is 0. The molecule has 1 aromatic carbocycles. The molecule has 0 bridgehead atoms. The molecule has 0 atom stereocenters. The standard InChI is InChI=1S/C12H14F3NO/c13-12(14,15)9-3-4-11(10(16)7-9)17-6-5-8-1-2-8/h3-4,7-8H,1-2,5-6,16H2. The average Bonchev–Trinajstić information content (AvgIpc) is 3.02. The van der Waals surface area contributed by atoms with E-state index in [9.17, 15) is 13.2 Å². The van der Waals surface area contributed by atoms with E-state index in [2.05, 4.69) is 0 Å². The molecule has 1 saturated carbocycles. The van der Waals surface area contributed by atoms with Crippen molar-refractivity contribution in [3.8, 4) is 5.75 Å². The molecule has 94 valence electrons. The quantitative estimate of drug-likeness (QED) is 0.824. The fourth-order valence-corrected chi connectivity index (χ4v) is 1.60. The smallest absolute Gasteiger partial charge is 0.416 e. The van der Waals surface area contributed by atoms with E-state index < -0.39 is 11.7 Å². The highest BCUT2D eigenvalue weighted by atomic mass is 19.4. The topological polar surface area (TPSA) is 35.2 Å². The first-order chi connectivity index (χ1) is 7.97. The molecule has 0 heterocycles. The van der Waals surface area contributed by atoms with Crippen LogP contribution in [0.4, 0.5) is 18.9 Å². The highest BCUT2D eigenvalue weighted by Crippen LogP contribution is 2.35. The van der Waals surface area contributed by atoms with Crippen LogP contribution in [0.15, 0.2) is 18.2 Å². The van der Waals surface area contributed by atoms with Gasteiger partial charge in [0.25, 0.3) is 0 Å². The molecule has 2 rings (SSSR count). The lowest BCUT2D eigenvalue weighted by Gasteiger charge is -2.11. The molecule has 0 radical (unpaired) electrons. The monoisotopic (exact) mass is 245 g/mol. The Hall–Kier alpha value is -1.39. The van der Waals surface area contributed by atoms with Crippen molar-refractivity contribution in [2.75, 3.05) is 12.3 Å². The Kier molecular flexibility index (Phi) is 3.17. The van der Waals surface area contributed by atoms with Crippen molar-refractivity contribution < 1.29 is 17.9 Å². The molecule has 5 heteroatoms. The lowest BCUT2D eigenvalue weighted by atomic mass is 10.2. The molecule has 0 unspecified atom stereocenters. The predicted octanol–water partition coefficient (Wildman–Crippen LogP) is 3.47. The van der Waals surface area contributed by atoms with Crippen LogP contribution in [0.1, 0.15) is 24.8 Å². The summed E-state index contributed by atoms with van der Waals surface area (Å²) < 4.78 is 42.5. The molecule has 1 aliphatic carbocycles. The average molecular weight is 245 g/mol. The summed E-state index contributed by atoms with van der Waals surface area (Å²) in [4.78, 5) is 0. The van der Waals surface area contributed by atoms with Crippen LogP contribution in [0.3, 0.4) is 0 Å². The Morgan fingerprint density at radius 3 is 2.53 bits per heavy atom. The first-order valence-corrected chi connectivity index (χ1v) is 5.56. The van der Waals surface area contributed by atoms with Crippen molar-refractivity contribution in [1.29, 1.82) is 0 Å². The lowest BCUT2D eigenvalue weighted by molar-refractivity contribution is -0.137. The van der Waals surface area contributed by atoms with Gasteiger partial charge in [-0.2, -0.15) is 13.2 Å². The number of ether oxygens (including phenoxy) is 1. The molecular formula is C12H14F3NO. The molecule has 2 N–H and O–H groups in total. The zero-order valence-electron chi connectivity index (χ0n) is 9.26. The van der Waals surface area contributed by atoms with Gasteiger partial charge in [-0.15, -0.1) is 0 Å². The lowest BCUT2D eigenvalue weighted by Crippen LogP contribution is -2.07. The third-order valence-corrected chi connectivity index (χ3v) is 2.82. The van der Waals surface area contributed by atoms with Crippen molar-refractivity contribution in [3.63, 3.8) is 0 Å². The van der Waals surface area contributed by atoms with Crippen molar-refractivity contribution in [1.82, 2.24) is 0 Å². The van der Waals surface area contributed by atoms with Gasteiger partial charge in [0, 0.05) is 0 Å². The van der Waals surface area contributed by atoms with Crippen LogP contribution in [0.2, 0.25) is 0 Å². The Balaban J connectivity index is 1.97. The number of nitrogens with two attached hydrogens (primary N) is 1. The first-order valence-electron chi connectivity index (χ1n) is 5.56. The van der Waals surface area contributed by atoms with Gasteiger partial charge < -0.3 is 10.5 Å². The fourth-order valence-electron chi connectivity index (χ4n) is 1.60. The number of hydrogen-bond acceptors (Lipinski definition) is 2. The van der Waals surface area contributed by atoms with E-state index in [-0.39, 0.29) is 5.69 Å². The van der Waals surface area contributed by atoms with Gasteiger partial charge in [0.05, 0.1) is 17.9 Å². The molecular weight excluding hydrogens is 231 g/mol. The van der Waals surface area contributed by atoms with Crippen LogP contribution >= 0.6 is 0 Å². The number of halogens is 3. The summed E-state index contributed by atoms with van der Waals surface area (Å²) in [6.45, 7) is 0.514. The number of rotatable bonds is 4. The third kappa shape index (κ3) is 3.28. The molecule has 0 aromatic heterocycles. The van der Waals surface area contributed by atoms with Crippen molar-refractivity contribution >= 4 is 5.69 Å². The summed E-state index contributed by atoms with van der Waals surface area (Å²) in [6, 6.07) is 3.18. The molecule has 1 aromatic rings. The fraction of sp³-hybridized carbons (Fsp3) is 0.500. The van der Waals surface area contributed by atoms with Gasteiger partial charge in [0.1, 0.15) is 5.75 Å². The number of anilines is 1. The third-order valence-electron chi connectivity index (χ3n) is 2.82. The maximum Gasteiger partial charge on any atom is 0.416 e. The van der Waals surface area contributed by atoms with Gasteiger partial charge in [-0.3, -0.25) is 0 Å². The normalized spacial score (nSPS) is 15.9. The molecule has 0 amide bonds. The van der Waals surface area contributed by atoms with Gasteiger partial charge in [-0.25, -0.2) is 0 Å². The minimum Gasteiger partial charge on any atom is -0.491 e. The van der Waals surface area contributed by atoms with E-state index in [0.29, 0.717) is 12.4 Å². The summed E-state index contributed by atoms with van der Waals surface area (Å²) in [5.74, 6) is 1.06. The van der Waals surface area contributed by atoms with Crippen LogP contribution in [-0.2, 0) is 6.18 Å². The molecule has 1 fully saturated rings. The molecule has 2 nitrogen and oxygen atoms in total. The number of hydrogen-bond donors (Lipinski definition) is 1. The minimum atomic E-state index is -4.36. The number of benzene rings is 1. The van der Waals surface area contributed by atoms with E-state index in [4.69, 9.17) is 10.5 Å². The van der Waals surface area contributed by atoms with Crippen molar-refractivity contribution in [2.45, 2.75) is 25.4 Å². The molecule has 17 heavy (non-hydrogen) atoms. The second-order valence-corrected chi connectivity index (χ2v) is 4.33. The minimum absolute atomic E-state index is 0.0376. The van der Waals surface area contributed by atoms with Gasteiger partial charge in [0.2, 0.25) is 0 Å². The number of alkyl halides is 3. The zero-order chi connectivity index (χ0) is 12.5. The molecule has 0 aliphatic heterocycles.